The molecule has 1 aliphatic rings. The Labute approximate surface area is 156 Å². The largest absolute Gasteiger partial charge is 0.543 e. The molecule has 2 heterocycles. The minimum atomic E-state index is -1.57. The van der Waals surface area contributed by atoms with Gasteiger partial charge >= 0.3 is 0 Å². The number of thioether (sulfide) groups is 1. The number of aromatic nitrogens is 2. The van der Waals surface area contributed by atoms with Crippen LogP contribution in [0.5, 0.6) is 0 Å². The molecule has 10 nitrogen and oxygen atoms in total. The predicted octanol–water partition coefficient (Wildman–Crippen LogP) is -1.43. The highest BCUT2D eigenvalue weighted by Crippen LogP contribution is 2.17. The molecule has 27 heavy (non-hydrogen) atoms. The van der Waals surface area contributed by atoms with Crippen molar-refractivity contribution in [3.63, 3.8) is 0 Å². The lowest BCUT2D eigenvalue weighted by atomic mass is 10.1. The molecule has 1 aromatic heterocycles. The van der Waals surface area contributed by atoms with Crippen LogP contribution < -0.4 is 16.0 Å². The summed E-state index contributed by atoms with van der Waals surface area (Å²) in [5.74, 6) is -2.43. The van der Waals surface area contributed by atoms with Crippen LogP contribution in [0.1, 0.15) is 10.5 Å². The number of carboxylic acid groups (broad SMARTS) is 1. The second-order valence-electron chi connectivity index (χ2n) is 5.59. The van der Waals surface area contributed by atoms with Crippen LogP contribution in [0, 0.1) is 0 Å². The third-order valence-electron chi connectivity index (χ3n) is 3.85. The maximum Gasteiger partial charge on any atom is 0.288 e. The summed E-state index contributed by atoms with van der Waals surface area (Å²) >= 11 is 0.890. The lowest BCUT2D eigenvalue weighted by molar-refractivity contribution is -0.255. The second-order valence-corrected chi connectivity index (χ2v) is 6.52. The highest BCUT2D eigenvalue weighted by molar-refractivity contribution is 8.14. The summed E-state index contributed by atoms with van der Waals surface area (Å²) in [4.78, 5) is 59.7. The Kier molecular flexibility index (Phi) is 5.21. The number of fused-ring (bicyclic) bond motifs is 1. The summed E-state index contributed by atoms with van der Waals surface area (Å²) in [6, 6.07) is 5.99. The average molecular weight is 389 g/mol. The zero-order valence-electron chi connectivity index (χ0n) is 13.8. The SMILES string of the molecule is O=C(Cn1nc(C(=O)[O-])c2ccccc2c1=O)NCCN1C(=O)CSC1=O. The van der Waals surface area contributed by atoms with E-state index in [1.54, 1.807) is 12.1 Å². The van der Waals surface area contributed by atoms with Gasteiger partial charge in [-0.2, -0.15) is 5.10 Å². The molecule has 0 spiro atoms. The van der Waals surface area contributed by atoms with Gasteiger partial charge in [0.25, 0.3) is 10.8 Å². The fourth-order valence-electron chi connectivity index (χ4n) is 2.59. The van der Waals surface area contributed by atoms with Gasteiger partial charge in [0.05, 0.1) is 17.1 Å². The van der Waals surface area contributed by atoms with E-state index in [0.717, 1.165) is 21.3 Å². The lowest BCUT2D eigenvalue weighted by Crippen LogP contribution is -2.40. The summed E-state index contributed by atoms with van der Waals surface area (Å²) in [6.45, 7) is -0.492. The van der Waals surface area contributed by atoms with Gasteiger partial charge in [-0.1, -0.05) is 30.0 Å². The predicted molar refractivity (Wildman–Crippen MR) is 92.9 cm³/mol. The Bertz CT molecular complexity index is 1000. The monoisotopic (exact) mass is 389 g/mol. The van der Waals surface area contributed by atoms with Crippen molar-refractivity contribution < 1.29 is 24.3 Å². The Balaban J connectivity index is 1.72. The molecule has 1 N–H and O–H groups in total. The number of nitrogens with zero attached hydrogens (tertiary/aromatic N) is 3. The van der Waals surface area contributed by atoms with Crippen LogP contribution in [-0.2, 0) is 16.1 Å². The van der Waals surface area contributed by atoms with E-state index in [1.165, 1.54) is 12.1 Å². The first-order valence-corrected chi connectivity index (χ1v) is 8.82. The van der Waals surface area contributed by atoms with E-state index in [4.69, 9.17) is 0 Å². The van der Waals surface area contributed by atoms with Crippen LogP contribution in [0.25, 0.3) is 10.8 Å². The fourth-order valence-corrected chi connectivity index (χ4v) is 3.34. The van der Waals surface area contributed by atoms with E-state index in [2.05, 4.69) is 10.4 Å². The van der Waals surface area contributed by atoms with Crippen molar-refractivity contribution >= 4 is 45.6 Å². The number of hydrogen-bond donors (Lipinski definition) is 1. The quantitative estimate of drug-likeness (QED) is 0.634. The number of imide groups is 1. The van der Waals surface area contributed by atoms with Gasteiger partial charge in [-0.15, -0.1) is 0 Å². The minimum Gasteiger partial charge on any atom is -0.543 e. The number of rotatable bonds is 6. The number of carbonyl (C=O) groups excluding carboxylic acids is 4. The standard InChI is InChI=1S/C16H14N4O6S/c21-11(17-5-6-19-12(22)8-27-16(19)26)7-20-14(23)10-4-2-1-3-9(10)13(18-20)15(24)25/h1-4H,5-8H2,(H,17,21)(H,24,25)/p-1. The molecule has 11 heteroatoms. The Morgan fingerprint density at radius 2 is 1.89 bits per heavy atom. The molecule has 1 fully saturated rings. The highest BCUT2D eigenvalue weighted by atomic mass is 32.2. The van der Waals surface area contributed by atoms with Crippen molar-refractivity contribution in [2.75, 3.05) is 18.8 Å². The van der Waals surface area contributed by atoms with Gasteiger partial charge in [0.1, 0.15) is 12.2 Å². The zero-order chi connectivity index (χ0) is 19.6. The zero-order valence-corrected chi connectivity index (χ0v) is 14.7. The second kappa shape index (κ2) is 7.58. The third kappa shape index (κ3) is 3.82. The van der Waals surface area contributed by atoms with Crippen LogP contribution in [-0.4, -0.2) is 56.5 Å². The molecule has 0 radical (unpaired) electrons. The van der Waals surface area contributed by atoms with Gasteiger partial charge < -0.3 is 15.2 Å². The van der Waals surface area contributed by atoms with Crippen molar-refractivity contribution in [2.24, 2.45) is 0 Å². The Hall–Kier alpha value is -3.21. The summed E-state index contributed by atoms with van der Waals surface area (Å²) in [6.07, 6.45) is 0. The first kappa shape index (κ1) is 18.6. The minimum absolute atomic E-state index is 0.00650. The van der Waals surface area contributed by atoms with Crippen LogP contribution in [0.15, 0.2) is 29.1 Å². The molecule has 2 aromatic rings. The topological polar surface area (TPSA) is 142 Å². The smallest absolute Gasteiger partial charge is 0.288 e. The summed E-state index contributed by atoms with van der Waals surface area (Å²) in [7, 11) is 0. The number of carbonyl (C=O) groups is 4. The third-order valence-corrected chi connectivity index (χ3v) is 4.71. The van der Waals surface area contributed by atoms with Gasteiger partial charge in [0.2, 0.25) is 11.8 Å². The molecule has 1 aliphatic heterocycles. The van der Waals surface area contributed by atoms with Crippen LogP contribution in [0.4, 0.5) is 4.79 Å². The molecule has 0 bridgehead atoms. The fraction of sp³-hybridized carbons (Fsp3) is 0.250. The maximum absolute atomic E-state index is 12.4. The molecule has 1 aromatic carbocycles. The van der Waals surface area contributed by atoms with E-state index in [9.17, 15) is 29.1 Å². The summed E-state index contributed by atoms with van der Waals surface area (Å²) in [5.41, 5.74) is -1.06. The van der Waals surface area contributed by atoms with E-state index < -0.39 is 29.7 Å². The van der Waals surface area contributed by atoms with E-state index >= 15 is 0 Å². The normalized spacial score (nSPS) is 14.0. The van der Waals surface area contributed by atoms with Crippen molar-refractivity contribution in [1.82, 2.24) is 20.0 Å². The molecule has 3 rings (SSSR count). The van der Waals surface area contributed by atoms with Gasteiger partial charge in [-0.25, -0.2) is 4.68 Å². The van der Waals surface area contributed by atoms with E-state index in [-0.39, 0.29) is 40.8 Å². The molecular formula is C16H13N4O6S-. The van der Waals surface area contributed by atoms with Crippen molar-refractivity contribution in [2.45, 2.75) is 6.54 Å². The summed E-state index contributed by atoms with van der Waals surface area (Å²) in [5, 5.41) is 17.3. The maximum atomic E-state index is 12.4. The first-order chi connectivity index (χ1) is 12.9. The molecule has 0 atom stereocenters. The van der Waals surface area contributed by atoms with Gasteiger partial charge in [-0.3, -0.25) is 24.1 Å². The Morgan fingerprint density at radius 3 is 2.52 bits per heavy atom. The number of aromatic carboxylic acids is 1. The molecule has 3 amide bonds. The first-order valence-electron chi connectivity index (χ1n) is 7.83. The molecular weight excluding hydrogens is 376 g/mol. The number of carboxylic acids is 1. The number of nitrogens with one attached hydrogen (secondary N) is 1. The molecule has 0 aliphatic carbocycles. The average Bonchev–Trinajstić information content (AvgIpc) is 2.96. The molecule has 0 saturated carbocycles. The number of amides is 3. The van der Waals surface area contributed by atoms with E-state index in [1.807, 2.05) is 0 Å². The van der Waals surface area contributed by atoms with E-state index in [0.29, 0.717) is 0 Å². The van der Waals surface area contributed by atoms with Crippen LogP contribution in [0.2, 0.25) is 0 Å². The molecule has 140 valence electrons. The summed E-state index contributed by atoms with van der Waals surface area (Å²) < 4.78 is 0.741. The van der Waals surface area contributed by atoms with Crippen molar-refractivity contribution in [3.8, 4) is 0 Å². The molecule has 1 saturated heterocycles. The Morgan fingerprint density at radius 1 is 1.19 bits per heavy atom. The van der Waals surface area contributed by atoms with Crippen LogP contribution in [0.3, 0.4) is 0 Å². The van der Waals surface area contributed by atoms with Gasteiger partial charge in [-0.05, 0) is 6.07 Å². The van der Waals surface area contributed by atoms with Crippen LogP contribution >= 0.6 is 11.8 Å². The van der Waals surface area contributed by atoms with Crippen molar-refractivity contribution in [3.05, 3.63) is 40.3 Å². The lowest BCUT2D eigenvalue weighted by Gasteiger charge is -2.14. The molecule has 0 unspecified atom stereocenters. The van der Waals surface area contributed by atoms with Crippen molar-refractivity contribution in [1.29, 1.82) is 0 Å². The number of hydrogen-bond acceptors (Lipinski definition) is 8. The van der Waals surface area contributed by atoms with Gasteiger partial charge in [0.15, 0.2) is 0 Å². The van der Waals surface area contributed by atoms with Gasteiger partial charge in [0, 0.05) is 18.5 Å². The number of benzene rings is 1. The highest BCUT2D eigenvalue weighted by Gasteiger charge is 2.29.